The van der Waals surface area contributed by atoms with E-state index in [-0.39, 0.29) is 5.41 Å². The van der Waals surface area contributed by atoms with Crippen molar-refractivity contribution in [2.75, 3.05) is 0 Å². The SMILES string of the molecule is CC(C)(C)C.CC(C)(C)C1c2ccccc2-c2ccccc21.CC(C)C.CC(C)C(c1ccccc1)c1ccccc1. The molecule has 0 nitrogen and oxygen atoms in total. The molecule has 0 fully saturated rings. The van der Waals surface area contributed by atoms with Crippen LogP contribution in [0.15, 0.2) is 109 Å². The zero-order chi connectivity index (χ0) is 31.5. The zero-order valence-electron chi connectivity index (χ0n) is 28.7. The molecular weight excluding hydrogens is 504 g/mol. The van der Waals surface area contributed by atoms with Gasteiger partial charge in [-0.1, -0.05) is 192 Å². The van der Waals surface area contributed by atoms with E-state index in [2.05, 4.69) is 192 Å². The highest BCUT2D eigenvalue weighted by atomic mass is 14.4. The van der Waals surface area contributed by atoms with Gasteiger partial charge in [0, 0.05) is 11.8 Å². The van der Waals surface area contributed by atoms with E-state index >= 15 is 0 Å². The smallest absolute Gasteiger partial charge is 0.0150 e. The summed E-state index contributed by atoms with van der Waals surface area (Å²) in [7, 11) is 0. The quantitative estimate of drug-likeness (QED) is 0.233. The summed E-state index contributed by atoms with van der Waals surface area (Å²) in [6.45, 7) is 26.8. The summed E-state index contributed by atoms with van der Waals surface area (Å²) in [5.74, 6) is 2.47. The average Bonchev–Trinajstić information content (AvgIpc) is 3.24. The summed E-state index contributed by atoms with van der Waals surface area (Å²) in [5, 5.41) is 0. The van der Waals surface area contributed by atoms with Crippen molar-refractivity contribution in [3.05, 3.63) is 131 Å². The number of fused-ring (bicyclic) bond motifs is 3. The molecular formula is C42H58. The second kappa shape index (κ2) is 15.9. The first-order chi connectivity index (χ1) is 19.6. The molecule has 0 saturated carbocycles. The Hall–Kier alpha value is -3.12. The Morgan fingerprint density at radius 2 is 0.738 bits per heavy atom. The average molecular weight is 563 g/mol. The van der Waals surface area contributed by atoms with Crippen LogP contribution in [-0.2, 0) is 0 Å². The van der Waals surface area contributed by atoms with Crippen molar-refractivity contribution >= 4 is 0 Å². The maximum atomic E-state index is 2.33. The molecule has 0 N–H and O–H groups in total. The first-order valence-corrected chi connectivity index (χ1v) is 15.9. The standard InChI is InChI=1S/C17H18.C16H18.C5H12.C4H10/c1-17(2,3)16-14-10-6-4-8-12(14)13-9-5-7-11-15(13)16;1-13(2)16(14-9-5-3-6-10-14)15-11-7-4-8-12-15;1-5(2,3)4;1-4(2)3/h4-11,16H,1-3H3;3-13,16H,1-2H3;1-4H3;4H,1-3H3. The first-order valence-electron chi connectivity index (χ1n) is 15.9. The molecule has 4 aromatic carbocycles. The fraction of sp³-hybridized carbons (Fsp3) is 0.429. The summed E-state index contributed by atoms with van der Waals surface area (Å²) in [6.07, 6.45) is 0. The Morgan fingerprint density at radius 1 is 0.452 bits per heavy atom. The Morgan fingerprint density at radius 3 is 1.02 bits per heavy atom. The highest BCUT2D eigenvalue weighted by molar-refractivity contribution is 5.79. The van der Waals surface area contributed by atoms with Crippen LogP contribution in [0.4, 0.5) is 0 Å². The van der Waals surface area contributed by atoms with Crippen LogP contribution in [0.25, 0.3) is 11.1 Å². The lowest BCUT2D eigenvalue weighted by atomic mass is 9.75. The largest absolute Gasteiger partial charge is 0.0630 e. The molecule has 0 heteroatoms. The van der Waals surface area contributed by atoms with E-state index in [1.807, 2.05) is 0 Å². The van der Waals surface area contributed by atoms with Crippen LogP contribution in [0.2, 0.25) is 0 Å². The van der Waals surface area contributed by atoms with Crippen LogP contribution >= 0.6 is 0 Å². The molecule has 5 rings (SSSR count). The van der Waals surface area contributed by atoms with Crippen molar-refractivity contribution < 1.29 is 0 Å². The van der Waals surface area contributed by atoms with Gasteiger partial charge in [0.1, 0.15) is 0 Å². The predicted octanol–water partition coefficient (Wildman–Crippen LogP) is 13.0. The lowest BCUT2D eigenvalue weighted by Crippen LogP contribution is -2.17. The second-order valence-corrected chi connectivity index (χ2v) is 15.2. The summed E-state index contributed by atoms with van der Waals surface area (Å²) in [5.41, 5.74) is 9.39. The summed E-state index contributed by atoms with van der Waals surface area (Å²) in [6, 6.07) is 39.2. The van der Waals surface area contributed by atoms with Gasteiger partial charge in [0.05, 0.1) is 0 Å². The Bertz CT molecular complexity index is 1200. The van der Waals surface area contributed by atoms with E-state index in [1.54, 1.807) is 0 Å². The van der Waals surface area contributed by atoms with Crippen LogP contribution in [0, 0.1) is 22.7 Å². The Kier molecular flexibility index (Phi) is 13.3. The number of benzene rings is 4. The molecule has 0 atom stereocenters. The van der Waals surface area contributed by atoms with E-state index in [9.17, 15) is 0 Å². The molecule has 0 radical (unpaired) electrons. The van der Waals surface area contributed by atoms with E-state index in [0.29, 0.717) is 23.2 Å². The van der Waals surface area contributed by atoms with Crippen LogP contribution in [0.3, 0.4) is 0 Å². The van der Waals surface area contributed by atoms with Crippen LogP contribution in [-0.4, -0.2) is 0 Å². The van der Waals surface area contributed by atoms with Crippen molar-refractivity contribution in [1.82, 2.24) is 0 Å². The van der Waals surface area contributed by atoms with Gasteiger partial charge in [-0.25, -0.2) is 0 Å². The fourth-order valence-electron chi connectivity index (χ4n) is 5.37. The third-order valence-corrected chi connectivity index (χ3v) is 6.68. The lowest BCUT2D eigenvalue weighted by molar-refractivity contribution is 0.363. The molecule has 1 aliphatic carbocycles. The minimum atomic E-state index is 0.267. The summed E-state index contributed by atoms with van der Waals surface area (Å²) < 4.78 is 0. The molecule has 0 aliphatic heterocycles. The molecule has 0 saturated heterocycles. The van der Waals surface area contributed by atoms with Crippen LogP contribution < -0.4 is 0 Å². The minimum absolute atomic E-state index is 0.267. The van der Waals surface area contributed by atoms with Crippen LogP contribution in [0.5, 0.6) is 0 Å². The Balaban J connectivity index is 0.000000229. The summed E-state index contributed by atoms with van der Waals surface area (Å²) >= 11 is 0. The molecule has 4 aromatic rings. The van der Waals surface area contributed by atoms with Crippen molar-refractivity contribution in [3.63, 3.8) is 0 Å². The van der Waals surface area contributed by atoms with Gasteiger partial charge in [0.25, 0.3) is 0 Å². The third kappa shape index (κ3) is 11.3. The highest BCUT2D eigenvalue weighted by Crippen LogP contribution is 2.52. The maximum absolute atomic E-state index is 2.33. The second-order valence-electron chi connectivity index (χ2n) is 15.2. The fourth-order valence-corrected chi connectivity index (χ4v) is 5.37. The molecule has 0 unspecified atom stereocenters. The summed E-state index contributed by atoms with van der Waals surface area (Å²) in [4.78, 5) is 0. The normalized spacial score (nSPS) is 12.4. The molecule has 226 valence electrons. The lowest BCUT2D eigenvalue weighted by Gasteiger charge is -2.29. The maximum Gasteiger partial charge on any atom is 0.0150 e. The van der Waals surface area contributed by atoms with E-state index < -0.39 is 0 Å². The van der Waals surface area contributed by atoms with Crippen molar-refractivity contribution in [2.24, 2.45) is 22.7 Å². The molecule has 42 heavy (non-hydrogen) atoms. The van der Waals surface area contributed by atoms with Gasteiger partial charge < -0.3 is 0 Å². The van der Waals surface area contributed by atoms with Gasteiger partial charge in [-0.15, -0.1) is 0 Å². The van der Waals surface area contributed by atoms with Crippen molar-refractivity contribution in [2.45, 2.75) is 94.9 Å². The molecule has 0 amide bonds. The van der Waals surface area contributed by atoms with E-state index in [0.717, 1.165) is 5.92 Å². The first kappa shape index (κ1) is 35.1. The number of hydrogen-bond donors (Lipinski definition) is 0. The molecule has 1 aliphatic rings. The topological polar surface area (TPSA) is 0 Å². The third-order valence-electron chi connectivity index (χ3n) is 6.68. The van der Waals surface area contributed by atoms with Crippen molar-refractivity contribution in [3.8, 4) is 11.1 Å². The van der Waals surface area contributed by atoms with Gasteiger partial charge in [-0.05, 0) is 56.0 Å². The molecule has 0 aromatic heterocycles. The highest BCUT2D eigenvalue weighted by Gasteiger charge is 2.35. The molecule has 0 bridgehead atoms. The van der Waals surface area contributed by atoms with Crippen LogP contribution in [0.1, 0.15) is 117 Å². The monoisotopic (exact) mass is 562 g/mol. The predicted molar refractivity (Wildman–Crippen MR) is 188 cm³/mol. The van der Waals surface area contributed by atoms with Gasteiger partial charge in [-0.2, -0.15) is 0 Å². The van der Waals surface area contributed by atoms with E-state index in [1.165, 1.54) is 33.4 Å². The van der Waals surface area contributed by atoms with Gasteiger partial charge >= 0.3 is 0 Å². The number of hydrogen-bond acceptors (Lipinski definition) is 0. The van der Waals surface area contributed by atoms with Gasteiger partial charge in [0.15, 0.2) is 0 Å². The molecule has 0 heterocycles. The minimum Gasteiger partial charge on any atom is -0.0630 e. The van der Waals surface area contributed by atoms with Gasteiger partial charge in [0.2, 0.25) is 0 Å². The molecule has 0 spiro atoms. The van der Waals surface area contributed by atoms with Crippen molar-refractivity contribution in [1.29, 1.82) is 0 Å². The Labute approximate surface area is 259 Å². The van der Waals surface area contributed by atoms with Gasteiger partial charge in [-0.3, -0.25) is 0 Å². The number of rotatable bonds is 3. The van der Waals surface area contributed by atoms with E-state index in [4.69, 9.17) is 0 Å². The zero-order valence-corrected chi connectivity index (χ0v) is 28.7.